The maximum atomic E-state index is 12.8. The zero-order valence-corrected chi connectivity index (χ0v) is 11.1. The number of fused-ring (bicyclic) bond motifs is 1. The molecule has 2 N–H and O–H groups in total. The number of alkyl halides is 2. The highest BCUT2D eigenvalue weighted by molar-refractivity contribution is 5.44. The molecule has 2 atom stereocenters. The Hall–Kier alpha value is -1.83. The quantitative estimate of drug-likeness (QED) is 0.895. The van der Waals surface area contributed by atoms with Gasteiger partial charge in [-0.05, 0) is 38.4 Å². The second-order valence-electron chi connectivity index (χ2n) is 4.98. The minimum Gasteiger partial charge on any atom is -0.364 e. The van der Waals surface area contributed by atoms with Crippen LogP contribution in [0.3, 0.4) is 0 Å². The van der Waals surface area contributed by atoms with Gasteiger partial charge in [-0.2, -0.15) is 4.52 Å². The van der Waals surface area contributed by atoms with Crippen molar-refractivity contribution in [2.45, 2.75) is 38.3 Å². The molecule has 2 aromatic rings. The van der Waals surface area contributed by atoms with E-state index >= 15 is 0 Å². The van der Waals surface area contributed by atoms with Gasteiger partial charge in [0.25, 0.3) is 6.43 Å². The lowest BCUT2D eigenvalue weighted by molar-refractivity contribution is 0.137. The molecule has 3 rings (SSSR count). The summed E-state index contributed by atoms with van der Waals surface area (Å²) < 4.78 is 26.7. The van der Waals surface area contributed by atoms with Crippen molar-refractivity contribution in [2.75, 3.05) is 11.9 Å². The summed E-state index contributed by atoms with van der Waals surface area (Å²) >= 11 is 0. The number of piperidine rings is 1. The Balaban J connectivity index is 1.86. The average molecular weight is 282 g/mol. The van der Waals surface area contributed by atoms with E-state index in [-0.39, 0.29) is 6.04 Å². The van der Waals surface area contributed by atoms with Gasteiger partial charge < -0.3 is 10.6 Å². The number of aromatic nitrogens is 4. The molecule has 0 amide bonds. The summed E-state index contributed by atoms with van der Waals surface area (Å²) in [6.45, 7) is 3.10. The van der Waals surface area contributed by atoms with Gasteiger partial charge in [-0.1, -0.05) is 0 Å². The highest BCUT2D eigenvalue weighted by Crippen LogP contribution is 2.19. The molecule has 108 valence electrons. The van der Waals surface area contributed by atoms with Crippen molar-refractivity contribution >= 4 is 11.5 Å². The van der Waals surface area contributed by atoms with Crippen LogP contribution < -0.4 is 10.6 Å². The van der Waals surface area contributed by atoms with Gasteiger partial charge in [-0.15, -0.1) is 15.3 Å². The Morgan fingerprint density at radius 3 is 3.00 bits per heavy atom. The molecule has 0 aromatic carbocycles. The fourth-order valence-electron chi connectivity index (χ4n) is 2.45. The number of halogens is 2. The van der Waals surface area contributed by atoms with Crippen LogP contribution in [-0.2, 0) is 0 Å². The number of hydrogen-bond acceptors (Lipinski definition) is 5. The third-order valence-corrected chi connectivity index (χ3v) is 3.58. The predicted octanol–water partition coefficient (Wildman–Crippen LogP) is 1.61. The van der Waals surface area contributed by atoms with Crippen LogP contribution in [0.25, 0.3) is 5.65 Å². The molecule has 0 saturated carbocycles. The molecule has 1 aliphatic heterocycles. The molecular formula is C12H16F2N6. The van der Waals surface area contributed by atoms with Crippen LogP contribution in [0.2, 0.25) is 0 Å². The lowest BCUT2D eigenvalue weighted by atomic mass is 10.00. The number of hydrogen-bond donors (Lipinski definition) is 2. The molecule has 20 heavy (non-hydrogen) atoms. The van der Waals surface area contributed by atoms with E-state index in [2.05, 4.69) is 32.9 Å². The summed E-state index contributed by atoms with van der Waals surface area (Å²) in [7, 11) is 0. The fraction of sp³-hybridized carbons (Fsp3) is 0.583. The van der Waals surface area contributed by atoms with E-state index in [4.69, 9.17) is 0 Å². The van der Waals surface area contributed by atoms with E-state index in [9.17, 15) is 8.78 Å². The van der Waals surface area contributed by atoms with Crippen LogP contribution in [0.4, 0.5) is 14.6 Å². The standard InChI is InChI=1S/C12H16F2N6/c1-7-8(3-2-6-15-7)16-9-4-5-10-17-18-12(11(13)14)20(10)19-9/h4-5,7-8,11,15H,2-3,6H2,1H3,(H,16,19)/t7-,8-/m0/s1. The highest BCUT2D eigenvalue weighted by atomic mass is 19.3. The summed E-state index contributed by atoms with van der Waals surface area (Å²) in [6, 6.07) is 3.92. The van der Waals surface area contributed by atoms with Crippen molar-refractivity contribution in [3.05, 3.63) is 18.0 Å². The van der Waals surface area contributed by atoms with Gasteiger partial charge in [0.2, 0.25) is 5.82 Å². The van der Waals surface area contributed by atoms with Crippen LogP contribution in [0.15, 0.2) is 12.1 Å². The maximum Gasteiger partial charge on any atom is 0.299 e. The van der Waals surface area contributed by atoms with Gasteiger partial charge in [0.15, 0.2) is 5.65 Å². The second kappa shape index (κ2) is 5.28. The van der Waals surface area contributed by atoms with Crippen LogP contribution in [0, 0.1) is 0 Å². The van der Waals surface area contributed by atoms with Crippen molar-refractivity contribution in [2.24, 2.45) is 0 Å². The van der Waals surface area contributed by atoms with E-state index in [1.807, 2.05) is 0 Å². The van der Waals surface area contributed by atoms with Gasteiger partial charge in [0, 0.05) is 12.1 Å². The predicted molar refractivity (Wildman–Crippen MR) is 69.8 cm³/mol. The van der Waals surface area contributed by atoms with Crippen molar-refractivity contribution in [3.8, 4) is 0 Å². The molecule has 1 fully saturated rings. The van der Waals surface area contributed by atoms with Gasteiger partial charge in [0.1, 0.15) is 5.82 Å². The van der Waals surface area contributed by atoms with Crippen molar-refractivity contribution in [3.63, 3.8) is 0 Å². The number of nitrogens with zero attached hydrogens (tertiary/aromatic N) is 4. The van der Waals surface area contributed by atoms with E-state index in [1.165, 1.54) is 0 Å². The molecule has 8 heteroatoms. The van der Waals surface area contributed by atoms with Crippen LogP contribution in [-0.4, -0.2) is 38.4 Å². The molecule has 1 saturated heterocycles. The van der Waals surface area contributed by atoms with Crippen molar-refractivity contribution in [1.82, 2.24) is 25.1 Å². The Labute approximate surface area is 114 Å². The first kappa shape index (κ1) is 13.2. The fourth-order valence-corrected chi connectivity index (χ4v) is 2.45. The van der Waals surface area contributed by atoms with Gasteiger partial charge in [-0.3, -0.25) is 0 Å². The van der Waals surface area contributed by atoms with E-state index in [0.29, 0.717) is 17.5 Å². The van der Waals surface area contributed by atoms with Gasteiger partial charge >= 0.3 is 0 Å². The summed E-state index contributed by atoms with van der Waals surface area (Å²) in [5.74, 6) is 0.123. The summed E-state index contributed by atoms with van der Waals surface area (Å²) in [5.41, 5.74) is 0.320. The Bertz CT molecular complexity index is 599. The number of nitrogens with one attached hydrogen (secondary N) is 2. The smallest absolute Gasteiger partial charge is 0.299 e. The zero-order chi connectivity index (χ0) is 14.1. The Morgan fingerprint density at radius 2 is 2.25 bits per heavy atom. The van der Waals surface area contributed by atoms with Crippen LogP contribution >= 0.6 is 0 Å². The van der Waals surface area contributed by atoms with Crippen LogP contribution in [0.5, 0.6) is 0 Å². The first-order valence-corrected chi connectivity index (χ1v) is 6.65. The summed E-state index contributed by atoms with van der Waals surface area (Å²) in [6.07, 6.45) is -0.584. The molecule has 0 bridgehead atoms. The molecular weight excluding hydrogens is 266 g/mol. The molecule has 0 radical (unpaired) electrons. The normalized spacial score (nSPS) is 23.4. The number of rotatable bonds is 3. The largest absolute Gasteiger partial charge is 0.364 e. The molecule has 0 unspecified atom stereocenters. The molecule has 2 aromatic heterocycles. The van der Waals surface area contributed by atoms with Crippen LogP contribution in [0.1, 0.15) is 32.0 Å². The third kappa shape index (κ3) is 2.43. The molecule has 1 aliphatic rings. The SMILES string of the molecule is C[C@@H]1NCCC[C@@H]1Nc1ccc2nnc(C(F)F)n2n1. The van der Waals surface area contributed by atoms with Crippen molar-refractivity contribution in [1.29, 1.82) is 0 Å². The van der Waals surface area contributed by atoms with E-state index in [1.54, 1.807) is 12.1 Å². The Morgan fingerprint density at radius 1 is 1.40 bits per heavy atom. The first-order chi connectivity index (χ1) is 9.65. The minimum absolute atomic E-state index is 0.236. The number of anilines is 1. The summed E-state index contributed by atoms with van der Waals surface area (Å²) in [5, 5.41) is 17.9. The molecule has 6 nitrogen and oxygen atoms in total. The highest BCUT2D eigenvalue weighted by Gasteiger charge is 2.22. The molecule has 3 heterocycles. The lowest BCUT2D eigenvalue weighted by Gasteiger charge is -2.30. The lowest BCUT2D eigenvalue weighted by Crippen LogP contribution is -2.46. The monoisotopic (exact) mass is 282 g/mol. The topological polar surface area (TPSA) is 67.1 Å². The first-order valence-electron chi connectivity index (χ1n) is 6.65. The Kier molecular flexibility index (Phi) is 3.47. The zero-order valence-electron chi connectivity index (χ0n) is 11.1. The minimum atomic E-state index is -2.69. The van der Waals surface area contributed by atoms with Gasteiger partial charge in [0.05, 0.1) is 0 Å². The summed E-state index contributed by atoms with van der Waals surface area (Å²) in [4.78, 5) is 0. The van der Waals surface area contributed by atoms with E-state index in [0.717, 1.165) is 23.9 Å². The third-order valence-electron chi connectivity index (χ3n) is 3.58. The second-order valence-corrected chi connectivity index (χ2v) is 4.98. The molecule has 0 aliphatic carbocycles. The van der Waals surface area contributed by atoms with Gasteiger partial charge in [-0.25, -0.2) is 8.78 Å². The molecule has 0 spiro atoms. The van der Waals surface area contributed by atoms with E-state index < -0.39 is 12.2 Å². The van der Waals surface area contributed by atoms with Crippen molar-refractivity contribution < 1.29 is 8.78 Å². The average Bonchev–Trinajstić information content (AvgIpc) is 2.84. The maximum absolute atomic E-state index is 12.8.